The van der Waals surface area contributed by atoms with E-state index in [1.165, 1.54) is 0 Å². The molecule has 1 atom stereocenters. The lowest BCUT2D eigenvalue weighted by Gasteiger charge is -2.14. The van der Waals surface area contributed by atoms with Crippen LogP contribution < -0.4 is 0 Å². The van der Waals surface area contributed by atoms with Gasteiger partial charge in [0, 0.05) is 0 Å². The lowest BCUT2D eigenvalue weighted by atomic mass is 10.4. The van der Waals surface area contributed by atoms with Crippen LogP contribution in [0.2, 0.25) is 0 Å². The highest BCUT2D eigenvalue weighted by Gasteiger charge is 1.93. The Labute approximate surface area is 88.2 Å². The third kappa shape index (κ3) is 9.38. The first kappa shape index (κ1) is 13.3. The molecule has 0 fully saturated rings. The van der Waals surface area contributed by atoms with Crippen molar-refractivity contribution in [3.8, 4) is 0 Å². The number of quaternary nitrogens is 1. The SMILES string of the molecule is C[N+](C)(C)C.O=S(O)c1ccccc1. The zero-order chi connectivity index (χ0) is 11.2. The number of hydrogen-bond acceptors (Lipinski definition) is 1. The van der Waals surface area contributed by atoms with Gasteiger partial charge >= 0.3 is 0 Å². The minimum Gasteiger partial charge on any atom is -0.333 e. The van der Waals surface area contributed by atoms with Gasteiger partial charge in [-0.2, -0.15) is 0 Å². The molecule has 1 N–H and O–H groups in total. The van der Waals surface area contributed by atoms with Gasteiger partial charge < -0.3 is 9.04 Å². The van der Waals surface area contributed by atoms with Crippen molar-refractivity contribution in [3.05, 3.63) is 30.3 Å². The molecule has 1 aromatic rings. The van der Waals surface area contributed by atoms with Gasteiger partial charge in [0.2, 0.25) is 0 Å². The van der Waals surface area contributed by atoms with Crippen LogP contribution in [0.1, 0.15) is 0 Å². The molecule has 14 heavy (non-hydrogen) atoms. The Kier molecular flexibility index (Phi) is 5.60. The van der Waals surface area contributed by atoms with E-state index >= 15 is 0 Å². The van der Waals surface area contributed by atoms with E-state index in [-0.39, 0.29) is 0 Å². The molecule has 1 unspecified atom stereocenters. The van der Waals surface area contributed by atoms with Crippen molar-refractivity contribution >= 4 is 11.1 Å². The summed E-state index contributed by atoms with van der Waals surface area (Å²) in [5.41, 5.74) is 0. The molecule has 0 saturated carbocycles. The number of rotatable bonds is 1. The molecule has 4 heteroatoms. The predicted molar refractivity (Wildman–Crippen MR) is 59.4 cm³/mol. The summed E-state index contributed by atoms with van der Waals surface area (Å²) in [6.07, 6.45) is 0. The van der Waals surface area contributed by atoms with Crippen molar-refractivity contribution in [3.63, 3.8) is 0 Å². The smallest absolute Gasteiger partial charge is 0.186 e. The first-order valence-electron chi connectivity index (χ1n) is 4.25. The number of benzene rings is 1. The van der Waals surface area contributed by atoms with Gasteiger partial charge in [0.1, 0.15) is 0 Å². The Balaban J connectivity index is 0.000000292. The molecule has 0 heterocycles. The van der Waals surface area contributed by atoms with Gasteiger partial charge in [-0.3, -0.25) is 0 Å². The molecule has 0 spiro atoms. The molecule has 0 bridgehead atoms. The summed E-state index contributed by atoms with van der Waals surface area (Å²) in [4.78, 5) is 0.442. The molecule has 0 aliphatic heterocycles. The van der Waals surface area contributed by atoms with Crippen LogP contribution in [0.15, 0.2) is 35.2 Å². The van der Waals surface area contributed by atoms with Crippen LogP contribution >= 0.6 is 0 Å². The van der Waals surface area contributed by atoms with E-state index in [1.54, 1.807) is 30.3 Å². The summed E-state index contributed by atoms with van der Waals surface area (Å²) in [5, 5.41) is 0. The molecule has 0 radical (unpaired) electrons. The molecular formula is C10H18NO2S+. The summed E-state index contributed by atoms with van der Waals surface area (Å²) in [5.74, 6) is 0. The monoisotopic (exact) mass is 216 g/mol. The Morgan fingerprint density at radius 1 is 1.07 bits per heavy atom. The second kappa shape index (κ2) is 5.90. The average molecular weight is 216 g/mol. The van der Waals surface area contributed by atoms with Crippen LogP contribution in [0.5, 0.6) is 0 Å². The first-order chi connectivity index (χ1) is 6.30. The summed E-state index contributed by atoms with van der Waals surface area (Å²) >= 11 is -1.83. The minimum atomic E-state index is -1.83. The molecule has 1 rings (SSSR count). The van der Waals surface area contributed by atoms with Crippen molar-refractivity contribution in [2.45, 2.75) is 4.90 Å². The van der Waals surface area contributed by atoms with Crippen molar-refractivity contribution in [2.75, 3.05) is 28.2 Å². The number of hydrogen-bond donors (Lipinski definition) is 1. The quantitative estimate of drug-likeness (QED) is 0.572. The standard InChI is InChI=1S/C6H6O2S.C4H12N/c7-9(8)6-4-2-1-3-5-6;1-5(2,3)4/h1-5H,(H,7,8);1-4H3/q;+1. The van der Waals surface area contributed by atoms with Crippen LogP contribution in [0.3, 0.4) is 0 Å². The molecule has 0 aromatic heterocycles. The van der Waals surface area contributed by atoms with Crippen molar-refractivity contribution in [2.24, 2.45) is 0 Å². The topological polar surface area (TPSA) is 37.3 Å². The molecule has 80 valence electrons. The summed E-state index contributed by atoms with van der Waals surface area (Å²) in [7, 11) is 8.50. The van der Waals surface area contributed by atoms with Crippen molar-refractivity contribution in [1.29, 1.82) is 0 Å². The highest BCUT2D eigenvalue weighted by molar-refractivity contribution is 7.79. The maximum atomic E-state index is 10.3. The highest BCUT2D eigenvalue weighted by Crippen LogP contribution is 2.00. The van der Waals surface area contributed by atoms with E-state index in [0.717, 1.165) is 4.48 Å². The minimum absolute atomic E-state index is 0.442. The molecular weight excluding hydrogens is 198 g/mol. The molecule has 1 aromatic carbocycles. The molecule has 0 aliphatic carbocycles. The van der Waals surface area contributed by atoms with E-state index in [4.69, 9.17) is 4.55 Å². The maximum Gasteiger partial charge on any atom is 0.186 e. The largest absolute Gasteiger partial charge is 0.333 e. The predicted octanol–water partition coefficient (Wildman–Crippen LogP) is 1.59. The number of nitrogens with zero attached hydrogens (tertiary/aromatic N) is 1. The highest BCUT2D eigenvalue weighted by atomic mass is 32.2. The Morgan fingerprint density at radius 3 is 1.64 bits per heavy atom. The fourth-order valence-electron chi connectivity index (χ4n) is 0.537. The summed E-state index contributed by atoms with van der Waals surface area (Å²) < 4.78 is 19.8. The third-order valence-electron chi connectivity index (χ3n) is 0.945. The Bertz CT molecular complexity index is 274. The van der Waals surface area contributed by atoms with E-state index in [9.17, 15) is 4.21 Å². The van der Waals surface area contributed by atoms with Crippen LogP contribution in [-0.4, -0.2) is 41.4 Å². The van der Waals surface area contributed by atoms with E-state index in [2.05, 4.69) is 28.2 Å². The molecule has 0 saturated heterocycles. The van der Waals surface area contributed by atoms with Gasteiger partial charge in [0.05, 0.1) is 33.1 Å². The van der Waals surface area contributed by atoms with Gasteiger partial charge in [-0.25, -0.2) is 4.21 Å². The fraction of sp³-hybridized carbons (Fsp3) is 0.400. The van der Waals surface area contributed by atoms with Gasteiger partial charge in [0.15, 0.2) is 11.1 Å². The zero-order valence-electron chi connectivity index (χ0n) is 9.10. The average Bonchev–Trinajstić information content (AvgIpc) is 2.03. The van der Waals surface area contributed by atoms with Crippen LogP contribution in [0.25, 0.3) is 0 Å². The van der Waals surface area contributed by atoms with Crippen LogP contribution in [0, 0.1) is 0 Å². The summed E-state index contributed by atoms with van der Waals surface area (Å²) in [6.45, 7) is 0. The zero-order valence-corrected chi connectivity index (χ0v) is 9.91. The van der Waals surface area contributed by atoms with E-state index < -0.39 is 11.1 Å². The van der Waals surface area contributed by atoms with Crippen LogP contribution in [0.4, 0.5) is 0 Å². The molecule has 0 aliphatic rings. The van der Waals surface area contributed by atoms with Crippen LogP contribution in [-0.2, 0) is 11.1 Å². The Morgan fingerprint density at radius 2 is 1.43 bits per heavy atom. The lowest BCUT2D eigenvalue weighted by molar-refractivity contribution is -0.849. The van der Waals surface area contributed by atoms with Crippen molar-refractivity contribution < 1.29 is 13.2 Å². The maximum absolute atomic E-state index is 10.3. The van der Waals surface area contributed by atoms with Gasteiger partial charge in [-0.05, 0) is 12.1 Å². The molecule has 3 nitrogen and oxygen atoms in total. The molecule has 0 amide bonds. The first-order valence-corrected chi connectivity index (χ1v) is 5.36. The Hall–Kier alpha value is -0.710. The van der Waals surface area contributed by atoms with E-state index in [0.29, 0.717) is 4.90 Å². The van der Waals surface area contributed by atoms with Crippen molar-refractivity contribution in [1.82, 2.24) is 0 Å². The lowest BCUT2D eigenvalue weighted by Crippen LogP contribution is -2.27. The third-order valence-corrected chi connectivity index (χ3v) is 1.62. The fourth-order valence-corrected chi connectivity index (χ4v) is 0.927. The second-order valence-corrected chi connectivity index (χ2v) is 5.22. The summed E-state index contributed by atoms with van der Waals surface area (Å²) in [6, 6.07) is 8.47. The van der Waals surface area contributed by atoms with Gasteiger partial charge in [0.25, 0.3) is 0 Å². The van der Waals surface area contributed by atoms with Gasteiger partial charge in [-0.15, -0.1) is 0 Å². The van der Waals surface area contributed by atoms with Gasteiger partial charge in [-0.1, -0.05) is 18.2 Å². The normalized spacial score (nSPS) is 12.6. The van der Waals surface area contributed by atoms with E-state index in [1.807, 2.05) is 0 Å². The second-order valence-electron chi connectivity index (χ2n) is 4.25.